The summed E-state index contributed by atoms with van der Waals surface area (Å²) < 4.78 is 10.5. The van der Waals surface area contributed by atoms with Crippen LogP contribution in [0.4, 0.5) is 0 Å². The van der Waals surface area contributed by atoms with E-state index < -0.39 is 0 Å². The molecule has 1 aliphatic heterocycles. The van der Waals surface area contributed by atoms with Gasteiger partial charge in [-0.25, -0.2) is 9.97 Å². The zero-order valence-electron chi connectivity index (χ0n) is 9.25. The van der Waals surface area contributed by atoms with Gasteiger partial charge in [0.15, 0.2) is 5.76 Å². The quantitative estimate of drug-likeness (QED) is 0.749. The number of benzene rings is 1. The maximum Gasteiger partial charge on any atom is 0.245 e. The van der Waals surface area contributed by atoms with Gasteiger partial charge in [0.05, 0.1) is 18.1 Å². The van der Waals surface area contributed by atoms with Crippen molar-refractivity contribution in [3.8, 4) is 5.88 Å². The summed E-state index contributed by atoms with van der Waals surface area (Å²) in [5.74, 6) is 1.13. The lowest BCUT2D eigenvalue weighted by Crippen LogP contribution is -1.94. The first-order valence-electron chi connectivity index (χ1n) is 5.22. The van der Waals surface area contributed by atoms with Crippen LogP contribution in [0.2, 0.25) is 0 Å². The average molecular weight is 226 g/mol. The molecule has 0 atom stereocenters. The summed E-state index contributed by atoms with van der Waals surface area (Å²) in [5.41, 5.74) is 2.36. The van der Waals surface area contributed by atoms with Gasteiger partial charge in [-0.3, -0.25) is 0 Å². The molecule has 3 rings (SSSR count). The van der Waals surface area contributed by atoms with E-state index in [1.54, 1.807) is 13.2 Å². The van der Waals surface area contributed by atoms with Gasteiger partial charge in [0.2, 0.25) is 5.88 Å². The fraction of sp³-hybridized carbons (Fsp3) is 0.0769. The van der Waals surface area contributed by atoms with E-state index in [0.29, 0.717) is 17.3 Å². The molecular weight excluding hydrogens is 216 g/mol. The van der Waals surface area contributed by atoms with Crippen LogP contribution < -0.4 is 4.74 Å². The molecule has 4 heteroatoms. The van der Waals surface area contributed by atoms with Crippen LogP contribution in [0.5, 0.6) is 5.88 Å². The third-order valence-corrected chi connectivity index (χ3v) is 2.49. The third kappa shape index (κ3) is 1.73. The molecule has 17 heavy (non-hydrogen) atoms. The third-order valence-electron chi connectivity index (χ3n) is 2.49. The molecule has 0 saturated carbocycles. The number of hydrogen-bond acceptors (Lipinski definition) is 4. The van der Waals surface area contributed by atoms with Crippen LogP contribution in [0.3, 0.4) is 0 Å². The zero-order chi connectivity index (χ0) is 11.7. The van der Waals surface area contributed by atoms with Gasteiger partial charge in [0.1, 0.15) is 12.0 Å². The minimum Gasteiger partial charge on any atom is -0.494 e. The van der Waals surface area contributed by atoms with Gasteiger partial charge >= 0.3 is 0 Å². The monoisotopic (exact) mass is 226 g/mol. The van der Waals surface area contributed by atoms with E-state index in [0.717, 1.165) is 11.0 Å². The first kappa shape index (κ1) is 9.84. The summed E-state index contributed by atoms with van der Waals surface area (Å²) in [6.45, 7) is 0. The number of rotatable bonds is 1. The molecule has 2 heterocycles. The second-order valence-electron chi connectivity index (χ2n) is 3.58. The Kier molecular flexibility index (Phi) is 2.26. The maximum absolute atomic E-state index is 5.44. The van der Waals surface area contributed by atoms with E-state index >= 15 is 0 Å². The van der Waals surface area contributed by atoms with Gasteiger partial charge in [0.25, 0.3) is 0 Å². The van der Waals surface area contributed by atoms with E-state index in [9.17, 15) is 0 Å². The summed E-state index contributed by atoms with van der Waals surface area (Å²) >= 11 is 0. The lowest BCUT2D eigenvalue weighted by atomic mass is 10.3. The molecule has 0 fully saturated rings. The largest absolute Gasteiger partial charge is 0.494 e. The maximum atomic E-state index is 5.44. The highest BCUT2D eigenvalue weighted by Gasteiger charge is 2.10. The van der Waals surface area contributed by atoms with E-state index in [2.05, 4.69) is 9.97 Å². The van der Waals surface area contributed by atoms with E-state index in [1.165, 1.54) is 6.26 Å². The molecule has 0 spiro atoms. The van der Waals surface area contributed by atoms with Gasteiger partial charge in [-0.1, -0.05) is 12.1 Å². The highest BCUT2D eigenvalue weighted by molar-refractivity contribution is 5.76. The van der Waals surface area contributed by atoms with E-state index in [-0.39, 0.29) is 0 Å². The van der Waals surface area contributed by atoms with Gasteiger partial charge in [-0.2, -0.15) is 0 Å². The fourth-order valence-electron chi connectivity index (χ4n) is 1.62. The highest BCUT2D eigenvalue weighted by atomic mass is 16.5. The SMILES string of the molecule is COC1=COc2nc3ccccc3nc2C=C1. The molecule has 0 aliphatic carbocycles. The number of fused-ring (bicyclic) bond motifs is 2. The summed E-state index contributed by atoms with van der Waals surface area (Å²) in [7, 11) is 1.59. The minimum absolute atomic E-state index is 0.493. The van der Waals surface area contributed by atoms with Crippen LogP contribution in [-0.2, 0) is 4.74 Å². The first-order valence-corrected chi connectivity index (χ1v) is 5.22. The first-order chi connectivity index (χ1) is 8.36. The molecule has 0 amide bonds. The Balaban J connectivity index is 2.17. The molecule has 0 bridgehead atoms. The predicted molar refractivity (Wildman–Crippen MR) is 64.3 cm³/mol. The number of allylic oxidation sites excluding steroid dienone is 1. The molecule has 0 unspecified atom stereocenters. The summed E-state index contributed by atoms with van der Waals surface area (Å²) in [5, 5.41) is 0. The van der Waals surface area contributed by atoms with Crippen molar-refractivity contribution in [3.63, 3.8) is 0 Å². The van der Waals surface area contributed by atoms with Crippen LogP contribution in [0.25, 0.3) is 17.1 Å². The Hall–Kier alpha value is -2.36. The molecule has 0 radical (unpaired) electrons. The standard InChI is InChI=1S/C13H10N2O2/c1-16-9-6-7-12-13(17-8-9)15-11-5-3-2-4-10(11)14-12/h2-8H,1H3. The lowest BCUT2D eigenvalue weighted by Gasteiger charge is -2.03. The smallest absolute Gasteiger partial charge is 0.245 e. The minimum atomic E-state index is 0.493. The number of methoxy groups -OCH3 is 1. The Morgan fingerprint density at radius 2 is 1.82 bits per heavy atom. The van der Waals surface area contributed by atoms with Gasteiger partial charge < -0.3 is 9.47 Å². The van der Waals surface area contributed by atoms with Crippen molar-refractivity contribution in [2.75, 3.05) is 7.11 Å². The number of hydrogen-bond donors (Lipinski definition) is 0. The summed E-state index contributed by atoms with van der Waals surface area (Å²) in [4.78, 5) is 8.89. The van der Waals surface area contributed by atoms with Crippen molar-refractivity contribution in [2.24, 2.45) is 0 Å². The topological polar surface area (TPSA) is 44.2 Å². The number of aromatic nitrogens is 2. The van der Waals surface area contributed by atoms with Crippen molar-refractivity contribution < 1.29 is 9.47 Å². The highest BCUT2D eigenvalue weighted by Crippen LogP contribution is 2.23. The molecule has 2 aromatic rings. The Morgan fingerprint density at radius 1 is 1.06 bits per heavy atom. The molecule has 1 aromatic heterocycles. The molecule has 1 aliphatic rings. The van der Waals surface area contributed by atoms with E-state index in [4.69, 9.17) is 9.47 Å². The Labute approximate surface area is 98.2 Å². The zero-order valence-corrected chi connectivity index (χ0v) is 9.25. The van der Waals surface area contributed by atoms with Gasteiger partial charge in [-0.05, 0) is 24.3 Å². The van der Waals surface area contributed by atoms with Crippen molar-refractivity contribution in [3.05, 3.63) is 48.1 Å². The van der Waals surface area contributed by atoms with Crippen molar-refractivity contribution >= 4 is 17.1 Å². The second kappa shape index (κ2) is 3.90. The molecule has 84 valence electrons. The molecule has 4 nitrogen and oxygen atoms in total. The van der Waals surface area contributed by atoms with E-state index in [1.807, 2.05) is 30.3 Å². The van der Waals surface area contributed by atoms with Crippen molar-refractivity contribution in [1.29, 1.82) is 0 Å². The summed E-state index contributed by atoms with van der Waals surface area (Å²) in [6, 6.07) is 7.68. The molecular formula is C13H10N2O2. The number of para-hydroxylation sites is 2. The predicted octanol–water partition coefficient (Wildman–Crippen LogP) is 2.52. The van der Waals surface area contributed by atoms with Gasteiger partial charge in [0, 0.05) is 0 Å². The van der Waals surface area contributed by atoms with Crippen molar-refractivity contribution in [2.45, 2.75) is 0 Å². The van der Waals surface area contributed by atoms with Crippen LogP contribution in [-0.4, -0.2) is 17.1 Å². The fourth-order valence-corrected chi connectivity index (χ4v) is 1.62. The van der Waals surface area contributed by atoms with Crippen LogP contribution >= 0.6 is 0 Å². The molecule has 0 saturated heterocycles. The second-order valence-corrected chi connectivity index (χ2v) is 3.58. The number of ether oxygens (including phenoxy) is 2. The summed E-state index contributed by atoms with van der Waals surface area (Å²) in [6.07, 6.45) is 5.15. The number of nitrogens with zero attached hydrogens (tertiary/aromatic N) is 2. The molecule has 0 N–H and O–H groups in total. The Bertz CT molecular complexity index is 632. The molecule has 1 aromatic carbocycles. The van der Waals surface area contributed by atoms with Crippen LogP contribution in [0.15, 0.2) is 42.4 Å². The van der Waals surface area contributed by atoms with Crippen LogP contribution in [0.1, 0.15) is 5.69 Å². The van der Waals surface area contributed by atoms with Crippen LogP contribution in [0, 0.1) is 0 Å². The Morgan fingerprint density at radius 3 is 2.59 bits per heavy atom. The van der Waals surface area contributed by atoms with Gasteiger partial charge in [-0.15, -0.1) is 0 Å². The van der Waals surface area contributed by atoms with Crippen molar-refractivity contribution in [1.82, 2.24) is 9.97 Å². The normalized spacial score (nSPS) is 13.6. The average Bonchev–Trinajstić information content (AvgIpc) is 2.58. The lowest BCUT2D eigenvalue weighted by molar-refractivity contribution is 0.289.